The van der Waals surface area contributed by atoms with Gasteiger partial charge in [-0.15, -0.1) is 0 Å². The average Bonchev–Trinajstić information content (AvgIpc) is 3.63. The van der Waals surface area contributed by atoms with Crippen molar-refractivity contribution in [2.75, 3.05) is 13.7 Å². The maximum Gasteiger partial charge on any atom is 0.348 e. The number of methoxy groups -OCH3 is 1. The summed E-state index contributed by atoms with van der Waals surface area (Å²) in [5.41, 5.74) is 4.15. The molecule has 1 atom stereocenters. The van der Waals surface area contributed by atoms with E-state index in [1.54, 1.807) is 41.0 Å². The number of rotatable bonds is 6. The summed E-state index contributed by atoms with van der Waals surface area (Å²) in [4.78, 5) is 26.6. The van der Waals surface area contributed by atoms with Gasteiger partial charge in [0.2, 0.25) is 11.6 Å². The minimum Gasteiger partial charge on any atom is -0.481 e. The summed E-state index contributed by atoms with van der Waals surface area (Å²) in [6, 6.07) is 5.53. The van der Waals surface area contributed by atoms with Gasteiger partial charge in [-0.25, -0.2) is 14.8 Å². The van der Waals surface area contributed by atoms with Gasteiger partial charge in [-0.05, 0) is 31.4 Å². The molecule has 6 heterocycles. The summed E-state index contributed by atoms with van der Waals surface area (Å²) < 4.78 is 20.6. The van der Waals surface area contributed by atoms with Crippen LogP contribution in [-0.4, -0.2) is 49.1 Å². The summed E-state index contributed by atoms with van der Waals surface area (Å²) in [6.07, 6.45) is 9.99. The van der Waals surface area contributed by atoms with Gasteiger partial charge in [-0.2, -0.15) is 10.1 Å². The van der Waals surface area contributed by atoms with Crippen LogP contribution in [0.2, 0.25) is 0 Å². The summed E-state index contributed by atoms with van der Waals surface area (Å²) in [6.45, 7) is 1.24. The van der Waals surface area contributed by atoms with Gasteiger partial charge in [0.25, 0.3) is 0 Å². The van der Waals surface area contributed by atoms with Crippen molar-refractivity contribution in [3.05, 3.63) is 53.5 Å². The predicted octanol–water partition coefficient (Wildman–Crippen LogP) is 3.58. The number of aromatic nitrogens is 6. The molecule has 5 aromatic rings. The molecular formula is C25H24N6O4. The molecule has 35 heavy (non-hydrogen) atoms. The van der Waals surface area contributed by atoms with Crippen molar-refractivity contribution in [1.82, 2.24) is 29.3 Å². The van der Waals surface area contributed by atoms with E-state index in [0.717, 1.165) is 42.4 Å². The highest BCUT2D eigenvalue weighted by Gasteiger charge is 2.23. The SMILES string of the molecule is COc1ccc(-c2nc(=O)n(CCC3CCCO3)c3c2oc2ncc(-c4cnn(C)c4)cc23)cn1. The van der Waals surface area contributed by atoms with E-state index in [1.807, 2.05) is 25.4 Å². The molecule has 0 radical (unpaired) electrons. The van der Waals surface area contributed by atoms with Crippen LogP contribution in [0, 0.1) is 0 Å². The van der Waals surface area contributed by atoms with E-state index in [0.29, 0.717) is 40.5 Å². The zero-order valence-electron chi connectivity index (χ0n) is 19.5. The van der Waals surface area contributed by atoms with Crippen LogP contribution in [0.5, 0.6) is 5.88 Å². The van der Waals surface area contributed by atoms with Crippen LogP contribution in [-0.2, 0) is 18.3 Å². The molecule has 178 valence electrons. The van der Waals surface area contributed by atoms with Crippen LogP contribution in [0.15, 0.2) is 52.2 Å². The van der Waals surface area contributed by atoms with Crippen molar-refractivity contribution in [1.29, 1.82) is 0 Å². The van der Waals surface area contributed by atoms with Crippen LogP contribution < -0.4 is 10.4 Å². The molecule has 1 unspecified atom stereocenters. The predicted molar refractivity (Wildman–Crippen MR) is 129 cm³/mol. The van der Waals surface area contributed by atoms with Crippen molar-refractivity contribution in [2.45, 2.75) is 31.9 Å². The van der Waals surface area contributed by atoms with E-state index >= 15 is 0 Å². The molecule has 10 heteroatoms. The molecule has 1 saturated heterocycles. The number of hydrogen-bond acceptors (Lipinski definition) is 8. The third-order valence-electron chi connectivity index (χ3n) is 6.40. The maximum absolute atomic E-state index is 13.3. The van der Waals surface area contributed by atoms with Gasteiger partial charge >= 0.3 is 5.69 Å². The fourth-order valence-electron chi connectivity index (χ4n) is 4.62. The van der Waals surface area contributed by atoms with Crippen molar-refractivity contribution >= 4 is 22.2 Å². The van der Waals surface area contributed by atoms with E-state index < -0.39 is 0 Å². The lowest BCUT2D eigenvalue weighted by atomic mass is 10.1. The molecule has 0 aromatic carbocycles. The Hall–Kier alpha value is -4.05. The topological polar surface area (TPSA) is 110 Å². The average molecular weight is 473 g/mol. The smallest absolute Gasteiger partial charge is 0.348 e. The van der Waals surface area contributed by atoms with Crippen LogP contribution in [0.1, 0.15) is 19.3 Å². The molecule has 0 amide bonds. The first-order valence-electron chi connectivity index (χ1n) is 11.5. The van der Waals surface area contributed by atoms with Crippen molar-refractivity contribution < 1.29 is 13.9 Å². The largest absolute Gasteiger partial charge is 0.481 e. The third-order valence-corrected chi connectivity index (χ3v) is 6.40. The number of fused-ring (bicyclic) bond motifs is 3. The van der Waals surface area contributed by atoms with Crippen LogP contribution >= 0.6 is 0 Å². The molecule has 1 aliphatic rings. The minimum atomic E-state index is -0.351. The van der Waals surface area contributed by atoms with Crippen LogP contribution in [0.3, 0.4) is 0 Å². The van der Waals surface area contributed by atoms with Crippen molar-refractivity contribution in [3.8, 4) is 28.3 Å². The van der Waals surface area contributed by atoms with Gasteiger partial charge in [-0.3, -0.25) is 9.25 Å². The Bertz CT molecular complexity index is 1580. The fourth-order valence-corrected chi connectivity index (χ4v) is 4.62. The Morgan fingerprint density at radius 2 is 2.03 bits per heavy atom. The molecule has 0 spiro atoms. The van der Waals surface area contributed by atoms with Crippen LogP contribution in [0.25, 0.3) is 44.6 Å². The van der Waals surface area contributed by atoms with Crippen molar-refractivity contribution in [3.63, 3.8) is 0 Å². The molecule has 1 fully saturated rings. The highest BCUT2D eigenvalue weighted by Crippen LogP contribution is 2.35. The lowest BCUT2D eigenvalue weighted by Crippen LogP contribution is -2.25. The molecule has 0 saturated carbocycles. The zero-order valence-corrected chi connectivity index (χ0v) is 19.5. The molecule has 0 bridgehead atoms. The summed E-state index contributed by atoms with van der Waals surface area (Å²) in [5, 5.41) is 5.01. The Labute approximate surface area is 200 Å². The van der Waals surface area contributed by atoms with Crippen LogP contribution in [0.4, 0.5) is 0 Å². The quantitative estimate of drug-likeness (QED) is 0.369. The molecular weight excluding hydrogens is 448 g/mol. The number of furan rings is 1. The number of aryl methyl sites for hydroxylation is 2. The molecule has 0 N–H and O–H groups in total. The van der Waals surface area contributed by atoms with Crippen molar-refractivity contribution in [2.24, 2.45) is 7.05 Å². The second kappa shape index (κ2) is 8.62. The van der Waals surface area contributed by atoms with E-state index in [2.05, 4.69) is 20.1 Å². The standard InChI is InChI=1S/C25H24N6O4/c1-30-14-17(13-28-30)16-10-19-22-23(35-24(19)27-12-16)21(15-5-6-20(33-2)26-11-15)29-25(32)31(22)8-7-18-4-3-9-34-18/h5-6,10-14,18H,3-4,7-9H2,1-2H3. The second-order valence-corrected chi connectivity index (χ2v) is 8.67. The zero-order chi connectivity index (χ0) is 23.9. The van der Waals surface area contributed by atoms with Gasteiger partial charge in [0.05, 0.1) is 24.8 Å². The third kappa shape index (κ3) is 3.85. The highest BCUT2D eigenvalue weighted by atomic mass is 16.5. The monoisotopic (exact) mass is 472 g/mol. The molecule has 5 aromatic heterocycles. The molecule has 10 nitrogen and oxygen atoms in total. The van der Waals surface area contributed by atoms with Gasteiger partial charge < -0.3 is 13.9 Å². The first-order chi connectivity index (χ1) is 17.1. The summed E-state index contributed by atoms with van der Waals surface area (Å²) in [7, 11) is 3.42. The summed E-state index contributed by atoms with van der Waals surface area (Å²) >= 11 is 0. The minimum absolute atomic E-state index is 0.143. The number of nitrogens with zero attached hydrogens (tertiary/aromatic N) is 6. The lowest BCUT2D eigenvalue weighted by molar-refractivity contribution is 0.100. The Balaban J connectivity index is 1.56. The molecule has 1 aliphatic heterocycles. The number of ether oxygens (including phenoxy) is 2. The highest BCUT2D eigenvalue weighted by molar-refractivity contribution is 6.06. The Kier molecular flexibility index (Phi) is 5.29. The van der Waals surface area contributed by atoms with E-state index in [1.165, 1.54) is 0 Å². The summed E-state index contributed by atoms with van der Waals surface area (Å²) in [5.74, 6) is 0.474. The fraction of sp³-hybridized carbons (Fsp3) is 0.320. The van der Waals surface area contributed by atoms with Gasteiger partial charge in [0.15, 0.2) is 5.58 Å². The number of pyridine rings is 2. The van der Waals surface area contributed by atoms with E-state index in [4.69, 9.17) is 13.9 Å². The molecule has 0 aliphatic carbocycles. The first kappa shape index (κ1) is 21.5. The normalized spacial score (nSPS) is 15.9. The van der Waals surface area contributed by atoms with Gasteiger partial charge in [0.1, 0.15) is 11.2 Å². The number of hydrogen-bond donors (Lipinski definition) is 0. The Morgan fingerprint density at radius 1 is 1.14 bits per heavy atom. The second-order valence-electron chi connectivity index (χ2n) is 8.67. The van der Waals surface area contributed by atoms with Gasteiger partial charge in [-0.1, -0.05) is 0 Å². The van der Waals surface area contributed by atoms with E-state index in [-0.39, 0.29) is 11.8 Å². The Morgan fingerprint density at radius 3 is 2.74 bits per heavy atom. The lowest BCUT2D eigenvalue weighted by Gasteiger charge is -2.12. The van der Waals surface area contributed by atoms with E-state index in [9.17, 15) is 4.79 Å². The molecule has 6 rings (SSSR count). The van der Waals surface area contributed by atoms with Gasteiger partial charge in [0, 0.05) is 61.5 Å². The maximum atomic E-state index is 13.3. The first-order valence-corrected chi connectivity index (χ1v) is 11.5.